The summed E-state index contributed by atoms with van der Waals surface area (Å²) < 4.78 is 0. The van der Waals surface area contributed by atoms with Gasteiger partial charge < -0.3 is 4.90 Å². The first kappa shape index (κ1) is 20.7. The van der Waals surface area contributed by atoms with Crippen molar-refractivity contribution in [3.05, 3.63) is 17.1 Å². The summed E-state index contributed by atoms with van der Waals surface area (Å²) in [7, 11) is 3.58. The van der Waals surface area contributed by atoms with Gasteiger partial charge in [0.1, 0.15) is 11.6 Å². The molecule has 7 nitrogen and oxygen atoms in total. The summed E-state index contributed by atoms with van der Waals surface area (Å²) in [5.41, 5.74) is 2.06. The number of carbonyl (C=O) groups is 2. The Labute approximate surface area is 168 Å². The molecule has 2 aliphatic heterocycles. The van der Waals surface area contributed by atoms with Gasteiger partial charge in [-0.2, -0.15) is 0 Å². The molecule has 0 spiro atoms. The summed E-state index contributed by atoms with van der Waals surface area (Å²) in [6.45, 7) is 8.18. The van der Waals surface area contributed by atoms with Gasteiger partial charge in [0.05, 0.1) is 12.6 Å². The Morgan fingerprint density at radius 3 is 2.64 bits per heavy atom. The molecule has 154 valence electrons. The number of piperidine rings is 1. The molecule has 0 aromatic carbocycles. The second-order valence-electron chi connectivity index (χ2n) is 8.64. The van der Waals surface area contributed by atoms with E-state index in [9.17, 15) is 9.59 Å². The van der Waals surface area contributed by atoms with Crippen molar-refractivity contribution in [2.24, 2.45) is 5.92 Å². The van der Waals surface area contributed by atoms with Crippen LogP contribution in [0.4, 0.5) is 5.82 Å². The highest BCUT2D eigenvalue weighted by Gasteiger charge is 2.33. The Balaban J connectivity index is 1.95. The number of anilines is 1. The summed E-state index contributed by atoms with van der Waals surface area (Å²) >= 11 is 0. The highest BCUT2D eigenvalue weighted by atomic mass is 16.2. The molecule has 0 N–H and O–H groups in total. The van der Waals surface area contributed by atoms with Crippen molar-refractivity contribution in [2.75, 3.05) is 38.6 Å². The summed E-state index contributed by atoms with van der Waals surface area (Å²) in [5, 5.41) is 0. The van der Waals surface area contributed by atoms with Gasteiger partial charge in [-0.1, -0.05) is 20.3 Å². The maximum Gasteiger partial charge on any atom is 0.236 e. The maximum absolute atomic E-state index is 12.6. The fourth-order valence-electron chi connectivity index (χ4n) is 4.09. The first-order valence-electron chi connectivity index (χ1n) is 10.4. The Hall–Kier alpha value is -2.02. The fraction of sp³-hybridized carbons (Fsp3) is 0.714. The summed E-state index contributed by atoms with van der Waals surface area (Å²) in [6, 6.07) is 0.0274. The van der Waals surface area contributed by atoms with E-state index in [0.717, 1.165) is 48.7 Å². The zero-order chi connectivity index (χ0) is 20.4. The van der Waals surface area contributed by atoms with Crippen molar-refractivity contribution < 1.29 is 9.59 Å². The van der Waals surface area contributed by atoms with Crippen LogP contribution >= 0.6 is 0 Å². The average molecular weight is 388 g/mol. The average Bonchev–Trinajstić information content (AvgIpc) is 2.64. The lowest BCUT2D eigenvalue weighted by Crippen LogP contribution is -2.43. The van der Waals surface area contributed by atoms with E-state index in [2.05, 4.69) is 18.7 Å². The minimum Gasteiger partial charge on any atom is -0.348 e. The lowest BCUT2D eigenvalue weighted by Gasteiger charge is -2.36. The number of hydrogen-bond donors (Lipinski definition) is 0. The van der Waals surface area contributed by atoms with Crippen LogP contribution in [0, 0.1) is 12.8 Å². The molecular weight excluding hydrogens is 354 g/mol. The highest BCUT2D eigenvalue weighted by molar-refractivity contribution is 5.95. The minimum absolute atomic E-state index is 0.0274. The topological polar surface area (TPSA) is 69.6 Å². The van der Waals surface area contributed by atoms with Crippen molar-refractivity contribution in [2.45, 2.75) is 58.9 Å². The fourth-order valence-corrected chi connectivity index (χ4v) is 4.09. The van der Waals surface area contributed by atoms with Gasteiger partial charge in [-0.25, -0.2) is 9.97 Å². The van der Waals surface area contributed by atoms with Crippen LogP contribution in [0.1, 0.15) is 62.7 Å². The summed E-state index contributed by atoms with van der Waals surface area (Å²) in [4.78, 5) is 40.3. The molecule has 1 aromatic heterocycles. The van der Waals surface area contributed by atoms with E-state index in [0.29, 0.717) is 31.8 Å². The van der Waals surface area contributed by atoms with Gasteiger partial charge in [-0.3, -0.25) is 19.4 Å². The number of fused-ring (bicyclic) bond motifs is 1. The number of hydrogen-bond acceptors (Lipinski definition) is 5. The Morgan fingerprint density at radius 2 is 1.96 bits per heavy atom. The molecule has 3 heterocycles. The van der Waals surface area contributed by atoms with Crippen LogP contribution in [0.2, 0.25) is 0 Å². The Kier molecular flexibility index (Phi) is 6.33. The first-order chi connectivity index (χ1) is 13.3. The lowest BCUT2D eigenvalue weighted by atomic mass is 9.99. The van der Waals surface area contributed by atoms with E-state index >= 15 is 0 Å². The number of aromatic nitrogens is 2. The maximum atomic E-state index is 12.6. The lowest BCUT2D eigenvalue weighted by molar-refractivity contribution is -0.131. The van der Waals surface area contributed by atoms with Gasteiger partial charge in [0.15, 0.2) is 0 Å². The monoisotopic (exact) mass is 387 g/mol. The van der Waals surface area contributed by atoms with Gasteiger partial charge in [0, 0.05) is 38.3 Å². The molecular formula is C21H33N5O2. The molecule has 0 unspecified atom stereocenters. The molecule has 2 amide bonds. The third kappa shape index (κ3) is 4.35. The highest BCUT2D eigenvalue weighted by Crippen LogP contribution is 2.34. The minimum atomic E-state index is 0.0274. The van der Waals surface area contributed by atoms with Gasteiger partial charge in [-0.15, -0.1) is 0 Å². The van der Waals surface area contributed by atoms with Crippen molar-refractivity contribution in [1.82, 2.24) is 19.8 Å². The van der Waals surface area contributed by atoms with Crippen molar-refractivity contribution in [1.29, 1.82) is 0 Å². The normalized spacial score (nSPS) is 20.4. The van der Waals surface area contributed by atoms with E-state index in [4.69, 9.17) is 9.97 Å². The summed E-state index contributed by atoms with van der Waals surface area (Å²) in [6.07, 6.45) is 4.36. The molecule has 1 fully saturated rings. The summed E-state index contributed by atoms with van der Waals surface area (Å²) in [5.74, 6) is 2.16. The van der Waals surface area contributed by atoms with E-state index in [-0.39, 0.29) is 17.9 Å². The Morgan fingerprint density at radius 1 is 1.21 bits per heavy atom. The molecule has 0 aliphatic carbocycles. The molecule has 0 saturated carbocycles. The van der Waals surface area contributed by atoms with Crippen LogP contribution in [0.3, 0.4) is 0 Å². The van der Waals surface area contributed by atoms with E-state index < -0.39 is 0 Å². The second-order valence-corrected chi connectivity index (χ2v) is 8.64. The molecule has 28 heavy (non-hydrogen) atoms. The predicted octanol–water partition coefficient (Wildman–Crippen LogP) is 2.34. The number of rotatable bonds is 5. The van der Waals surface area contributed by atoms with Crippen LogP contribution < -0.4 is 4.90 Å². The van der Waals surface area contributed by atoms with Gasteiger partial charge >= 0.3 is 0 Å². The second kappa shape index (κ2) is 8.55. The largest absolute Gasteiger partial charge is 0.348 e. The Bertz CT molecular complexity index is 747. The third-order valence-corrected chi connectivity index (χ3v) is 5.65. The predicted molar refractivity (Wildman–Crippen MR) is 109 cm³/mol. The van der Waals surface area contributed by atoms with E-state index in [1.54, 1.807) is 19.0 Å². The standard InChI is InChI=1S/C21H33N5O2/c1-14(2)12-26-18(27)10-9-16-15(3)22-20(23-21(16)26)17-8-6-7-11-25(17)13-19(28)24(4)5/h14,17H,6-13H2,1-5H3/t17-/m0/s1. The van der Waals surface area contributed by atoms with Crippen LogP contribution in [-0.2, 0) is 16.0 Å². The van der Waals surface area contributed by atoms with Crippen LogP contribution in [0.5, 0.6) is 0 Å². The van der Waals surface area contributed by atoms with Gasteiger partial charge in [-0.05, 0) is 38.6 Å². The SMILES string of the molecule is Cc1nc([C@@H]2CCCCN2CC(=O)N(C)C)nc2c1CCC(=O)N2CC(C)C. The zero-order valence-corrected chi connectivity index (χ0v) is 17.9. The van der Waals surface area contributed by atoms with Gasteiger partial charge in [0.25, 0.3) is 0 Å². The van der Waals surface area contributed by atoms with E-state index in [1.807, 2.05) is 11.8 Å². The van der Waals surface area contributed by atoms with Crippen molar-refractivity contribution in [3.63, 3.8) is 0 Å². The van der Waals surface area contributed by atoms with Crippen molar-refractivity contribution in [3.8, 4) is 0 Å². The smallest absolute Gasteiger partial charge is 0.236 e. The molecule has 0 bridgehead atoms. The number of likely N-dealkylation sites (N-methyl/N-ethyl adjacent to an activating group) is 1. The van der Waals surface area contributed by atoms with Crippen LogP contribution in [-0.4, -0.2) is 65.3 Å². The number of amides is 2. The quantitative estimate of drug-likeness (QED) is 0.776. The molecule has 2 aliphatic rings. The van der Waals surface area contributed by atoms with Crippen molar-refractivity contribution >= 4 is 17.6 Å². The number of carbonyl (C=O) groups excluding carboxylic acids is 2. The van der Waals surface area contributed by atoms with Crippen LogP contribution in [0.15, 0.2) is 0 Å². The first-order valence-corrected chi connectivity index (χ1v) is 10.4. The van der Waals surface area contributed by atoms with E-state index in [1.165, 1.54) is 0 Å². The molecule has 1 saturated heterocycles. The van der Waals surface area contributed by atoms with Crippen LogP contribution in [0.25, 0.3) is 0 Å². The van der Waals surface area contributed by atoms with Gasteiger partial charge in [0.2, 0.25) is 11.8 Å². The zero-order valence-electron chi connectivity index (χ0n) is 17.9. The molecule has 1 aromatic rings. The molecule has 7 heteroatoms. The molecule has 0 radical (unpaired) electrons. The third-order valence-electron chi connectivity index (χ3n) is 5.65. The number of aryl methyl sites for hydroxylation is 1. The number of nitrogens with zero attached hydrogens (tertiary/aromatic N) is 5. The molecule has 3 rings (SSSR count). The number of likely N-dealkylation sites (tertiary alicyclic amines) is 1. The molecule has 1 atom stereocenters.